The normalized spacial score (nSPS) is 14.0. The number of fused-ring (bicyclic) bond motifs is 1. The zero-order valence-corrected chi connectivity index (χ0v) is 18.6. The van der Waals surface area contributed by atoms with Crippen LogP contribution < -0.4 is 10.3 Å². The number of hydrogen-bond donors (Lipinski definition) is 0. The maximum absolute atomic E-state index is 14.0. The van der Waals surface area contributed by atoms with Crippen LogP contribution in [0.25, 0.3) is 16.5 Å². The summed E-state index contributed by atoms with van der Waals surface area (Å²) in [6.45, 7) is 0.409. The Labute approximate surface area is 192 Å². The summed E-state index contributed by atoms with van der Waals surface area (Å²) in [4.78, 5) is 29.3. The van der Waals surface area contributed by atoms with Crippen molar-refractivity contribution in [2.45, 2.75) is 38.3 Å². The average Bonchev–Trinajstić information content (AvgIpc) is 3.57. The van der Waals surface area contributed by atoms with Gasteiger partial charge in [0.05, 0.1) is 25.5 Å². The molecule has 0 radical (unpaired) electrons. The highest BCUT2D eigenvalue weighted by Crippen LogP contribution is 2.28. The number of carbonyl (C=O) groups is 1. The second kappa shape index (κ2) is 8.98. The summed E-state index contributed by atoms with van der Waals surface area (Å²) in [7, 11) is 1.60. The molecule has 5 rings (SSSR count). The van der Waals surface area contributed by atoms with Gasteiger partial charge in [0.15, 0.2) is 0 Å². The van der Waals surface area contributed by atoms with E-state index in [1.54, 1.807) is 42.3 Å². The molecule has 1 aliphatic carbocycles. The van der Waals surface area contributed by atoms with Crippen molar-refractivity contribution in [1.29, 1.82) is 0 Å². The standard InChI is InChI=1S/C27H26N2O4/c1-32-21-14-12-20(13-15-21)29-18-25(23-10-4-5-11-24(23)26(29)30)27(31)28(19-7-2-3-8-19)17-22-9-6-16-33-22/h4-6,9-16,18-19H,2-3,7-8,17H2,1H3. The number of carbonyl (C=O) groups excluding carboxylic acids is 1. The quantitative estimate of drug-likeness (QED) is 0.413. The first-order valence-electron chi connectivity index (χ1n) is 11.3. The molecular weight excluding hydrogens is 416 g/mol. The summed E-state index contributed by atoms with van der Waals surface area (Å²) in [6.07, 6.45) is 7.48. The zero-order valence-electron chi connectivity index (χ0n) is 18.6. The highest BCUT2D eigenvalue weighted by Gasteiger charge is 2.30. The third-order valence-corrected chi connectivity index (χ3v) is 6.44. The SMILES string of the molecule is COc1ccc(-n2cc(C(=O)N(Cc3ccco3)C3CCCC3)c3ccccc3c2=O)cc1. The van der Waals surface area contributed by atoms with Crippen molar-refractivity contribution < 1.29 is 13.9 Å². The van der Waals surface area contributed by atoms with E-state index >= 15 is 0 Å². The van der Waals surface area contributed by atoms with Crippen molar-refractivity contribution in [3.05, 3.63) is 94.8 Å². The molecule has 0 atom stereocenters. The van der Waals surface area contributed by atoms with Crippen molar-refractivity contribution in [1.82, 2.24) is 9.47 Å². The fraction of sp³-hybridized carbons (Fsp3) is 0.259. The fourth-order valence-corrected chi connectivity index (χ4v) is 4.70. The average molecular weight is 443 g/mol. The number of pyridine rings is 1. The lowest BCUT2D eigenvalue weighted by Gasteiger charge is -2.29. The number of hydrogen-bond acceptors (Lipinski definition) is 4. The minimum atomic E-state index is -0.161. The van der Waals surface area contributed by atoms with E-state index in [9.17, 15) is 9.59 Å². The van der Waals surface area contributed by atoms with E-state index in [1.165, 1.54) is 0 Å². The Morgan fingerprint density at radius 2 is 1.76 bits per heavy atom. The first-order chi connectivity index (χ1) is 16.2. The summed E-state index contributed by atoms with van der Waals surface area (Å²) in [6, 6.07) is 18.5. The number of benzene rings is 2. The third-order valence-electron chi connectivity index (χ3n) is 6.44. The number of aromatic nitrogens is 1. The molecule has 1 amide bonds. The highest BCUT2D eigenvalue weighted by atomic mass is 16.5. The van der Waals surface area contributed by atoms with Crippen LogP contribution in [-0.2, 0) is 6.54 Å². The summed E-state index contributed by atoms with van der Waals surface area (Å²) < 4.78 is 12.4. The molecule has 4 aromatic rings. The summed E-state index contributed by atoms with van der Waals surface area (Å²) in [5, 5.41) is 1.18. The number of furan rings is 1. The fourth-order valence-electron chi connectivity index (χ4n) is 4.70. The molecule has 0 unspecified atom stereocenters. The lowest BCUT2D eigenvalue weighted by molar-refractivity contribution is 0.0650. The third kappa shape index (κ3) is 4.04. The van der Waals surface area contributed by atoms with Crippen molar-refractivity contribution >= 4 is 16.7 Å². The Balaban J connectivity index is 1.64. The van der Waals surface area contributed by atoms with Crippen LogP contribution in [0.3, 0.4) is 0 Å². The second-order valence-electron chi connectivity index (χ2n) is 8.41. The molecule has 6 heteroatoms. The van der Waals surface area contributed by atoms with Gasteiger partial charge in [-0.3, -0.25) is 14.2 Å². The molecule has 1 aliphatic rings. The Hall–Kier alpha value is -3.80. The maximum Gasteiger partial charge on any atom is 0.262 e. The van der Waals surface area contributed by atoms with E-state index in [4.69, 9.17) is 9.15 Å². The van der Waals surface area contributed by atoms with Gasteiger partial charge in [0.2, 0.25) is 0 Å². The van der Waals surface area contributed by atoms with Gasteiger partial charge in [0, 0.05) is 28.7 Å². The first kappa shape index (κ1) is 21.1. The molecule has 2 heterocycles. The van der Waals surface area contributed by atoms with E-state index in [-0.39, 0.29) is 17.5 Å². The summed E-state index contributed by atoms with van der Waals surface area (Å²) in [5.74, 6) is 1.37. The molecule has 168 valence electrons. The molecule has 1 fully saturated rings. The number of nitrogens with zero attached hydrogens (tertiary/aromatic N) is 2. The molecule has 33 heavy (non-hydrogen) atoms. The predicted octanol–water partition coefficient (Wildman–Crippen LogP) is 5.18. The van der Waals surface area contributed by atoms with Crippen LogP contribution in [-0.4, -0.2) is 28.5 Å². The molecule has 0 N–H and O–H groups in total. The molecule has 0 aliphatic heterocycles. The lowest BCUT2D eigenvalue weighted by Crippen LogP contribution is -2.39. The minimum absolute atomic E-state index is 0.0863. The zero-order chi connectivity index (χ0) is 22.8. The molecule has 0 saturated heterocycles. The van der Waals surface area contributed by atoms with Crippen LogP contribution in [0.15, 0.2) is 82.3 Å². The topological polar surface area (TPSA) is 64.7 Å². The number of rotatable bonds is 6. The Morgan fingerprint density at radius 1 is 1.03 bits per heavy atom. The van der Waals surface area contributed by atoms with Gasteiger partial charge in [-0.05, 0) is 55.3 Å². The Morgan fingerprint density at radius 3 is 2.42 bits per heavy atom. The molecule has 0 spiro atoms. The minimum Gasteiger partial charge on any atom is -0.497 e. The summed E-state index contributed by atoms with van der Waals surface area (Å²) >= 11 is 0. The van der Waals surface area contributed by atoms with Gasteiger partial charge in [-0.1, -0.05) is 31.0 Å². The maximum atomic E-state index is 14.0. The van der Waals surface area contributed by atoms with Crippen LogP contribution in [0.5, 0.6) is 5.75 Å². The van der Waals surface area contributed by atoms with Crippen molar-refractivity contribution in [3.8, 4) is 11.4 Å². The number of methoxy groups -OCH3 is 1. The molecular formula is C27H26N2O4. The lowest BCUT2D eigenvalue weighted by atomic mass is 10.0. The number of amides is 1. The monoisotopic (exact) mass is 442 g/mol. The molecule has 2 aromatic carbocycles. The van der Waals surface area contributed by atoms with E-state index in [0.717, 1.165) is 31.4 Å². The molecule has 2 aromatic heterocycles. The van der Waals surface area contributed by atoms with Gasteiger partial charge < -0.3 is 14.1 Å². The molecule has 6 nitrogen and oxygen atoms in total. The van der Waals surface area contributed by atoms with Gasteiger partial charge in [-0.25, -0.2) is 0 Å². The van der Waals surface area contributed by atoms with E-state index in [2.05, 4.69) is 0 Å². The summed E-state index contributed by atoms with van der Waals surface area (Å²) in [5.41, 5.74) is 1.03. The van der Waals surface area contributed by atoms with E-state index in [0.29, 0.717) is 34.3 Å². The Bertz CT molecular complexity index is 1320. The smallest absolute Gasteiger partial charge is 0.262 e. The van der Waals surface area contributed by atoms with E-state index < -0.39 is 0 Å². The number of ether oxygens (including phenoxy) is 1. The van der Waals surface area contributed by atoms with Gasteiger partial charge in [0.25, 0.3) is 11.5 Å². The van der Waals surface area contributed by atoms with Crippen molar-refractivity contribution in [2.75, 3.05) is 7.11 Å². The van der Waals surface area contributed by atoms with Gasteiger partial charge in [-0.2, -0.15) is 0 Å². The van der Waals surface area contributed by atoms with Crippen LogP contribution in [0.1, 0.15) is 41.8 Å². The van der Waals surface area contributed by atoms with Crippen LogP contribution in [0, 0.1) is 0 Å². The van der Waals surface area contributed by atoms with Gasteiger partial charge >= 0.3 is 0 Å². The first-order valence-corrected chi connectivity index (χ1v) is 11.3. The largest absolute Gasteiger partial charge is 0.497 e. The predicted molar refractivity (Wildman–Crippen MR) is 127 cm³/mol. The van der Waals surface area contributed by atoms with Crippen molar-refractivity contribution in [3.63, 3.8) is 0 Å². The second-order valence-corrected chi connectivity index (χ2v) is 8.41. The van der Waals surface area contributed by atoms with Gasteiger partial charge in [0.1, 0.15) is 11.5 Å². The highest BCUT2D eigenvalue weighted by molar-refractivity contribution is 6.06. The van der Waals surface area contributed by atoms with Crippen molar-refractivity contribution in [2.24, 2.45) is 0 Å². The molecule has 0 bridgehead atoms. The van der Waals surface area contributed by atoms with Crippen LogP contribution >= 0.6 is 0 Å². The van der Waals surface area contributed by atoms with Crippen LogP contribution in [0.2, 0.25) is 0 Å². The van der Waals surface area contributed by atoms with E-state index in [1.807, 2.05) is 47.4 Å². The van der Waals surface area contributed by atoms with Gasteiger partial charge in [-0.15, -0.1) is 0 Å². The van der Waals surface area contributed by atoms with Crippen LogP contribution in [0.4, 0.5) is 0 Å². The molecule has 1 saturated carbocycles. The Kier molecular flexibility index (Phi) is 5.73.